The van der Waals surface area contributed by atoms with Gasteiger partial charge in [-0.15, -0.1) is 0 Å². The summed E-state index contributed by atoms with van der Waals surface area (Å²) >= 11 is 0. The van der Waals surface area contributed by atoms with Crippen LogP contribution in [0.3, 0.4) is 0 Å². The van der Waals surface area contributed by atoms with Gasteiger partial charge in [-0.1, -0.05) is 62.7 Å². The van der Waals surface area contributed by atoms with Crippen LogP contribution in [-0.2, 0) is 5.41 Å². The van der Waals surface area contributed by atoms with E-state index in [0.717, 1.165) is 11.1 Å². The van der Waals surface area contributed by atoms with Gasteiger partial charge in [-0.25, -0.2) is 0 Å². The summed E-state index contributed by atoms with van der Waals surface area (Å²) in [6.07, 6.45) is 0. The molecular weight excluding hydrogens is 386 g/mol. The minimum Gasteiger partial charge on any atom is -0.456 e. The molecular formula is C27H25NO3. The first-order valence-electron chi connectivity index (χ1n) is 10.3. The highest BCUT2D eigenvalue weighted by Crippen LogP contribution is 2.28. The summed E-state index contributed by atoms with van der Waals surface area (Å²) in [5.74, 6) is 0.291. The molecule has 1 amide bonds. The van der Waals surface area contributed by atoms with E-state index in [1.54, 1.807) is 24.3 Å². The average Bonchev–Trinajstić information content (AvgIpc) is 2.73. The number of hydrogen-bond donors (Lipinski definition) is 1. The van der Waals surface area contributed by atoms with E-state index in [0.29, 0.717) is 28.0 Å². The molecule has 4 heteroatoms. The molecule has 0 spiro atoms. The highest BCUT2D eigenvalue weighted by Gasteiger charge is 2.14. The number of amides is 1. The topological polar surface area (TPSA) is 59.3 Å². The highest BCUT2D eigenvalue weighted by atomic mass is 16.3. The summed E-state index contributed by atoms with van der Waals surface area (Å²) < 4.78 is 6.05. The Labute approximate surface area is 181 Å². The fourth-order valence-corrected chi connectivity index (χ4v) is 3.50. The fourth-order valence-electron chi connectivity index (χ4n) is 3.50. The van der Waals surface area contributed by atoms with Crippen LogP contribution in [0, 0.1) is 6.92 Å². The van der Waals surface area contributed by atoms with E-state index in [4.69, 9.17) is 4.42 Å². The number of fused-ring (bicyclic) bond motifs is 1. The number of hydrogen-bond acceptors (Lipinski definition) is 3. The molecule has 0 atom stereocenters. The first kappa shape index (κ1) is 20.6. The molecule has 0 saturated carbocycles. The lowest BCUT2D eigenvalue weighted by Crippen LogP contribution is -2.12. The molecule has 1 N–H and O–H groups in total. The van der Waals surface area contributed by atoms with Gasteiger partial charge in [0.25, 0.3) is 5.91 Å². The van der Waals surface area contributed by atoms with Gasteiger partial charge in [0.2, 0.25) is 0 Å². The Balaban J connectivity index is 1.68. The first-order chi connectivity index (χ1) is 14.7. The van der Waals surface area contributed by atoms with E-state index in [2.05, 4.69) is 38.2 Å². The number of anilines is 1. The molecule has 0 aliphatic heterocycles. The number of benzene rings is 3. The van der Waals surface area contributed by atoms with Gasteiger partial charge in [-0.05, 0) is 42.2 Å². The fraction of sp³-hybridized carbons (Fsp3) is 0.185. The smallest absolute Gasteiger partial charge is 0.255 e. The van der Waals surface area contributed by atoms with Crippen molar-refractivity contribution in [3.05, 3.63) is 99.7 Å². The van der Waals surface area contributed by atoms with Gasteiger partial charge in [-0.2, -0.15) is 0 Å². The summed E-state index contributed by atoms with van der Waals surface area (Å²) in [6, 6.07) is 22.0. The zero-order chi connectivity index (χ0) is 22.2. The van der Waals surface area contributed by atoms with E-state index in [9.17, 15) is 9.59 Å². The van der Waals surface area contributed by atoms with Crippen LogP contribution in [0.4, 0.5) is 5.69 Å². The summed E-state index contributed by atoms with van der Waals surface area (Å²) in [7, 11) is 0. The van der Waals surface area contributed by atoms with Crippen molar-refractivity contribution in [1.29, 1.82) is 0 Å². The van der Waals surface area contributed by atoms with Crippen LogP contribution >= 0.6 is 0 Å². The van der Waals surface area contributed by atoms with Crippen LogP contribution in [0.1, 0.15) is 42.3 Å². The summed E-state index contributed by atoms with van der Waals surface area (Å²) in [5.41, 5.74) is 4.57. The molecule has 0 aliphatic rings. The van der Waals surface area contributed by atoms with Gasteiger partial charge >= 0.3 is 0 Å². The largest absolute Gasteiger partial charge is 0.456 e. The normalized spacial score (nSPS) is 11.5. The van der Waals surface area contributed by atoms with Crippen molar-refractivity contribution >= 4 is 22.6 Å². The predicted molar refractivity (Wildman–Crippen MR) is 126 cm³/mol. The lowest BCUT2D eigenvalue weighted by atomic mass is 9.86. The minimum atomic E-state index is -0.209. The first-order valence-corrected chi connectivity index (χ1v) is 10.3. The molecule has 1 heterocycles. The SMILES string of the molecule is Cc1cccc(C(=O)Nc2ccc3c(=O)cc(-c4ccc(C(C)(C)C)cc4)oc3c2)c1. The molecule has 1 aromatic heterocycles. The minimum absolute atomic E-state index is 0.0488. The maximum absolute atomic E-state index is 12.6. The zero-order valence-corrected chi connectivity index (χ0v) is 18.2. The predicted octanol–water partition coefficient (Wildman–Crippen LogP) is 6.32. The number of carbonyl (C=O) groups is 1. The second-order valence-corrected chi connectivity index (χ2v) is 8.84. The Hall–Kier alpha value is -3.66. The van der Waals surface area contributed by atoms with Crippen LogP contribution in [-0.4, -0.2) is 5.91 Å². The van der Waals surface area contributed by atoms with Crippen LogP contribution in [0.25, 0.3) is 22.3 Å². The monoisotopic (exact) mass is 411 g/mol. The Kier molecular flexibility index (Phi) is 5.24. The van der Waals surface area contributed by atoms with E-state index >= 15 is 0 Å². The van der Waals surface area contributed by atoms with Gasteiger partial charge in [0.15, 0.2) is 5.43 Å². The van der Waals surface area contributed by atoms with Crippen molar-refractivity contribution in [2.24, 2.45) is 0 Å². The van der Waals surface area contributed by atoms with Gasteiger partial charge in [0.1, 0.15) is 11.3 Å². The Morgan fingerprint density at radius 1 is 0.903 bits per heavy atom. The third-order valence-electron chi connectivity index (χ3n) is 5.30. The molecule has 4 nitrogen and oxygen atoms in total. The highest BCUT2D eigenvalue weighted by molar-refractivity contribution is 6.05. The van der Waals surface area contributed by atoms with E-state index < -0.39 is 0 Å². The number of carbonyl (C=O) groups excluding carboxylic acids is 1. The number of nitrogens with one attached hydrogen (secondary N) is 1. The van der Waals surface area contributed by atoms with E-state index in [1.807, 2.05) is 37.3 Å². The summed E-state index contributed by atoms with van der Waals surface area (Å²) in [4.78, 5) is 25.2. The number of rotatable bonds is 3. The molecule has 31 heavy (non-hydrogen) atoms. The van der Waals surface area contributed by atoms with Crippen molar-refractivity contribution in [2.75, 3.05) is 5.32 Å². The quantitative estimate of drug-likeness (QED) is 0.429. The van der Waals surface area contributed by atoms with Crippen LogP contribution in [0.2, 0.25) is 0 Å². The average molecular weight is 412 g/mol. The van der Waals surface area contributed by atoms with E-state index in [1.165, 1.54) is 11.6 Å². The van der Waals surface area contributed by atoms with Gasteiger partial charge < -0.3 is 9.73 Å². The third-order valence-corrected chi connectivity index (χ3v) is 5.30. The van der Waals surface area contributed by atoms with Crippen molar-refractivity contribution in [3.8, 4) is 11.3 Å². The molecule has 156 valence electrons. The third kappa shape index (κ3) is 4.43. The van der Waals surface area contributed by atoms with Gasteiger partial charge in [0, 0.05) is 28.9 Å². The van der Waals surface area contributed by atoms with Crippen LogP contribution in [0.15, 0.2) is 82.0 Å². The summed E-state index contributed by atoms with van der Waals surface area (Å²) in [5, 5.41) is 3.35. The Bertz CT molecular complexity index is 1330. The molecule has 4 rings (SSSR count). The Morgan fingerprint density at radius 3 is 2.32 bits per heavy atom. The van der Waals surface area contributed by atoms with Crippen molar-refractivity contribution in [3.63, 3.8) is 0 Å². The molecule has 0 fully saturated rings. The summed E-state index contributed by atoms with van der Waals surface area (Å²) in [6.45, 7) is 8.41. The van der Waals surface area contributed by atoms with Crippen molar-refractivity contribution in [2.45, 2.75) is 33.1 Å². The second kappa shape index (κ2) is 7.88. The lowest BCUT2D eigenvalue weighted by molar-refractivity contribution is 0.102. The van der Waals surface area contributed by atoms with Gasteiger partial charge in [-0.3, -0.25) is 9.59 Å². The molecule has 0 radical (unpaired) electrons. The molecule has 4 aromatic rings. The van der Waals surface area contributed by atoms with Gasteiger partial charge in [0.05, 0.1) is 5.39 Å². The van der Waals surface area contributed by atoms with Crippen LogP contribution < -0.4 is 10.7 Å². The zero-order valence-electron chi connectivity index (χ0n) is 18.2. The molecule has 0 aliphatic carbocycles. The molecule has 0 unspecified atom stereocenters. The Morgan fingerprint density at radius 2 is 1.65 bits per heavy atom. The van der Waals surface area contributed by atoms with E-state index in [-0.39, 0.29) is 16.8 Å². The van der Waals surface area contributed by atoms with Crippen molar-refractivity contribution < 1.29 is 9.21 Å². The standard InChI is InChI=1S/C27H25NO3/c1-17-6-5-7-19(14-17)26(30)28-21-12-13-22-23(29)16-24(31-25(22)15-21)18-8-10-20(11-9-18)27(2,3)4/h5-16H,1-4H3,(H,28,30). The molecule has 0 saturated heterocycles. The molecule has 0 bridgehead atoms. The molecule has 3 aromatic carbocycles. The second-order valence-electron chi connectivity index (χ2n) is 8.84. The van der Waals surface area contributed by atoms with Crippen LogP contribution in [0.5, 0.6) is 0 Å². The lowest BCUT2D eigenvalue weighted by Gasteiger charge is -2.19. The maximum atomic E-state index is 12.6. The number of aryl methyl sites for hydroxylation is 1. The van der Waals surface area contributed by atoms with Crippen molar-refractivity contribution in [1.82, 2.24) is 0 Å². The maximum Gasteiger partial charge on any atom is 0.255 e.